The molecule has 1 aromatic carbocycles. The molecular formula is C11H13ClN2O4. The van der Waals surface area contributed by atoms with Gasteiger partial charge in [-0.1, -0.05) is 11.6 Å². The van der Waals surface area contributed by atoms with Gasteiger partial charge in [0, 0.05) is 17.8 Å². The average molecular weight is 273 g/mol. The monoisotopic (exact) mass is 272 g/mol. The van der Waals surface area contributed by atoms with Crippen LogP contribution in [-0.2, 0) is 9.63 Å². The number of rotatable bonds is 4. The van der Waals surface area contributed by atoms with Crippen molar-refractivity contribution in [3.63, 3.8) is 0 Å². The fourth-order valence-corrected chi connectivity index (χ4v) is 1.35. The molecule has 0 bridgehead atoms. The number of hydroxylamine groups is 2. The molecule has 0 unspecified atom stereocenters. The molecular weight excluding hydrogens is 260 g/mol. The van der Waals surface area contributed by atoms with Crippen LogP contribution in [0.1, 0.15) is 0 Å². The van der Waals surface area contributed by atoms with Crippen LogP contribution < -0.4 is 4.90 Å². The topological polar surface area (TPSA) is 70.1 Å². The molecule has 7 heteroatoms. The summed E-state index contributed by atoms with van der Waals surface area (Å²) in [6, 6.07) is 6.15. The van der Waals surface area contributed by atoms with E-state index in [0.29, 0.717) is 10.7 Å². The van der Waals surface area contributed by atoms with Crippen LogP contribution in [0.15, 0.2) is 24.3 Å². The summed E-state index contributed by atoms with van der Waals surface area (Å²) in [5.41, 5.74) is 0.366. The Kier molecular flexibility index (Phi) is 4.94. The third-order valence-corrected chi connectivity index (χ3v) is 2.54. The fraction of sp³-hybridized carbons (Fsp3) is 0.273. The molecule has 2 amide bonds. The first-order valence-corrected chi connectivity index (χ1v) is 5.40. The molecule has 0 aromatic heterocycles. The van der Waals surface area contributed by atoms with Gasteiger partial charge in [0.1, 0.15) is 6.54 Å². The minimum Gasteiger partial charge on any atom is -0.465 e. The van der Waals surface area contributed by atoms with Gasteiger partial charge in [-0.15, -0.1) is 0 Å². The number of carbonyl (C=O) groups is 2. The van der Waals surface area contributed by atoms with E-state index in [-0.39, 0.29) is 6.54 Å². The number of halogens is 1. The van der Waals surface area contributed by atoms with Gasteiger partial charge in [-0.05, 0) is 24.3 Å². The van der Waals surface area contributed by atoms with E-state index in [1.54, 1.807) is 12.1 Å². The van der Waals surface area contributed by atoms with Crippen molar-refractivity contribution >= 4 is 29.3 Å². The lowest BCUT2D eigenvalue weighted by Gasteiger charge is -2.21. The summed E-state index contributed by atoms with van der Waals surface area (Å²) >= 11 is 5.71. The van der Waals surface area contributed by atoms with E-state index < -0.39 is 12.0 Å². The van der Waals surface area contributed by atoms with Crippen LogP contribution in [0.4, 0.5) is 10.5 Å². The normalized spacial score (nSPS) is 9.94. The highest BCUT2D eigenvalue weighted by atomic mass is 35.5. The van der Waals surface area contributed by atoms with Gasteiger partial charge in [0.15, 0.2) is 0 Å². The molecule has 0 spiro atoms. The molecule has 98 valence electrons. The zero-order valence-corrected chi connectivity index (χ0v) is 10.7. The van der Waals surface area contributed by atoms with Gasteiger partial charge in [-0.3, -0.25) is 14.5 Å². The Morgan fingerprint density at radius 3 is 2.33 bits per heavy atom. The zero-order chi connectivity index (χ0) is 13.7. The molecule has 6 nitrogen and oxygen atoms in total. The molecule has 0 fully saturated rings. The van der Waals surface area contributed by atoms with Crippen LogP contribution >= 0.6 is 11.6 Å². The number of nitrogens with zero attached hydrogens (tertiary/aromatic N) is 2. The molecule has 0 heterocycles. The predicted molar refractivity (Wildman–Crippen MR) is 66.6 cm³/mol. The number of hydrogen-bond acceptors (Lipinski definition) is 3. The first kappa shape index (κ1) is 14.3. The Morgan fingerprint density at radius 1 is 1.33 bits per heavy atom. The van der Waals surface area contributed by atoms with Crippen LogP contribution in [0.3, 0.4) is 0 Å². The highest BCUT2D eigenvalue weighted by Crippen LogP contribution is 2.18. The fourth-order valence-electron chi connectivity index (χ4n) is 1.23. The molecule has 0 aliphatic carbocycles. The smallest absolute Gasteiger partial charge is 0.412 e. The van der Waals surface area contributed by atoms with Crippen molar-refractivity contribution in [2.24, 2.45) is 0 Å². The Labute approximate surface area is 109 Å². The second-order valence-corrected chi connectivity index (χ2v) is 3.86. The highest BCUT2D eigenvalue weighted by molar-refractivity contribution is 6.30. The molecule has 0 saturated carbocycles. The summed E-state index contributed by atoms with van der Waals surface area (Å²) < 4.78 is 0. The van der Waals surface area contributed by atoms with Crippen molar-refractivity contribution in [3.8, 4) is 0 Å². The van der Waals surface area contributed by atoms with Crippen molar-refractivity contribution in [1.29, 1.82) is 0 Å². The Morgan fingerprint density at radius 2 is 1.89 bits per heavy atom. The number of anilines is 1. The van der Waals surface area contributed by atoms with Crippen LogP contribution in [0.5, 0.6) is 0 Å². The van der Waals surface area contributed by atoms with Crippen LogP contribution in [0.25, 0.3) is 0 Å². The number of likely N-dealkylation sites (N-methyl/N-ethyl adjacent to an activating group) is 1. The maximum Gasteiger partial charge on any atom is 0.412 e. The van der Waals surface area contributed by atoms with Crippen molar-refractivity contribution in [1.82, 2.24) is 5.06 Å². The molecule has 1 rings (SSSR count). The predicted octanol–water partition coefficient (Wildman–Crippen LogP) is 1.84. The van der Waals surface area contributed by atoms with E-state index in [1.807, 2.05) is 0 Å². The van der Waals surface area contributed by atoms with Gasteiger partial charge in [-0.25, -0.2) is 9.86 Å². The van der Waals surface area contributed by atoms with Crippen molar-refractivity contribution in [2.75, 3.05) is 25.6 Å². The molecule has 1 aromatic rings. The third kappa shape index (κ3) is 3.61. The Hall–Kier alpha value is -1.79. The minimum atomic E-state index is -1.23. The third-order valence-electron chi connectivity index (χ3n) is 2.29. The minimum absolute atomic E-state index is 0.332. The van der Waals surface area contributed by atoms with Gasteiger partial charge >= 0.3 is 6.09 Å². The van der Waals surface area contributed by atoms with E-state index >= 15 is 0 Å². The van der Waals surface area contributed by atoms with Crippen LogP contribution in [0, 0.1) is 0 Å². The molecule has 0 saturated heterocycles. The number of carboxylic acid groups (broad SMARTS) is 1. The molecule has 1 N–H and O–H groups in total. The Bertz CT molecular complexity index is 435. The lowest BCUT2D eigenvalue weighted by atomic mass is 10.3. The SMILES string of the molecule is CON(C)C(=O)CN(C(=O)O)c1ccc(Cl)cc1. The van der Waals surface area contributed by atoms with E-state index in [1.165, 1.54) is 26.3 Å². The Balaban J connectivity index is 2.87. The van der Waals surface area contributed by atoms with E-state index in [4.69, 9.17) is 21.5 Å². The van der Waals surface area contributed by atoms with Gasteiger partial charge in [-0.2, -0.15) is 0 Å². The standard InChI is InChI=1S/C11H13ClN2O4/c1-13(18-2)10(15)7-14(11(16)17)9-5-3-8(12)4-6-9/h3-6H,7H2,1-2H3,(H,16,17). The lowest BCUT2D eigenvalue weighted by molar-refractivity contribution is -0.166. The first-order valence-electron chi connectivity index (χ1n) is 5.02. The summed E-state index contributed by atoms with van der Waals surface area (Å²) in [4.78, 5) is 28.3. The van der Waals surface area contributed by atoms with Crippen molar-refractivity contribution in [3.05, 3.63) is 29.3 Å². The lowest BCUT2D eigenvalue weighted by Crippen LogP contribution is -2.40. The number of benzene rings is 1. The molecule has 0 atom stereocenters. The number of amides is 2. The quantitative estimate of drug-likeness (QED) is 0.849. The molecule has 0 radical (unpaired) electrons. The molecule has 0 aliphatic heterocycles. The summed E-state index contributed by atoms with van der Waals surface area (Å²) in [5, 5.41) is 10.5. The highest BCUT2D eigenvalue weighted by Gasteiger charge is 2.20. The summed E-state index contributed by atoms with van der Waals surface area (Å²) in [5.74, 6) is -0.477. The van der Waals surface area contributed by atoms with Crippen LogP contribution in [-0.4, -0.2) is 42.9 Å². The van der Waals surface area contributed by atoms with Gasteiger partial charge in [0.25, 0.3) is 5.91 Å². The summed E-state index contributed by atoms with van der Waals surface area (Å²) in [6.45, 7) is -0.332. The van der Waals surface area contributed by atoms with E-state index in [0.717, 1.165) is 9.96 Å². The summed E-state index contributed by atoms with van der Waals surface area (Å²) in [6.07, 6.45) is -1.23. The van der Waals surface area contributed by atoms with Gasteiger partial charge < -0.3 is 5.11 Å². The van der Waals surface area contributed by atoms with Crippen LogP contribution in [0.2, 0.25) is 5.02 Å². The second-order valence-electron chi connectivity index (χ2n) is 3.42. The largest absolute Gasteiger partial charge is 0.465 e. The van der Waals surface area contributed by atoms with Crippen molar-refractivity contribution < 1.29 is 19.5 Å². The number of carbonyl (C=O) groups excluding carboxylic acids is 1. The van der Waals surface area contributed by atoms with Crippen molar-refractivity contribution in [2.45, 2.75) is 0 Å². The maximum absolute atomic E-state index is 11.6. The molecule has 18 heavy (non-hydrogen) atoms. The molecule has 0 aliphatic rings. The zero-order valence-electron chi connectivity index (χ0n) is 9.96. The van der Waals surface area contributed by atoms with E-state index in [2.05, 4.69) is 0 Å². The average Bonchev–Trinajstić information content (AvgIpc) is 2.35. The van der Waals surface area contributed by atoms with Gasteiger partial charge in [0.2, 0.25) is 0 Å². The van der Waals surface area contributed by atoms with E-state index in [9.17, 15) is 9.59 Å². The maximum atomic E-state index is 11.6. The second kappa shape index (κ2) is 6.23. The first-order chi connectivity index (χ1) is 8.45. The van der Waals surface area contributed by atoms with Gasteiger partial charge in [0.05, 0.1) is 7.11 Å². The number of hydrogen-bond donors (Lipinski definition) is 1. The summed E-state index contributed by atoms with van der Waals surface area (Å²) in [7, 11) is 2.73.